The lowest BCUT2D eigenvalue weighted by Gasteiger charge is -2.27. The van der Waals surface area contributed by atoms with Crippen LogP contribution in [0.25, 0.3) is 10.1 Å². The lowest BCUT2D eigenvalue weighted by molar-refractivity contribution is 0.0723. The van der Waals surface area contributed by atoms with E-state index in [4.69, 9.17) is 5.73 Å². The number of anilines is 1. The molecule has 0 saturated heterocycles. The van der Waals surface area contributed by atoms with Crippen LogP contribution in [0.15, 0.2) is 24.3 Å². The molecule has 112 valence electrons. The molecule has 21 heavy (non-hydrogen) atoms. The summed E-state index contributed by atoms with van der Waals surface area (Å²) in [6.45, 7) is 0. The molecule has 4 heteroatoms. The Morgan fingerprint density at radius 2 is 1.86 bits per heavy atom. The average molecular weight is 302 g/mol. The van der Waals surface area contributed by atoms with Crippen LogP contribution in [0.2, 0.25) is 0 Å². The maximum atomic E-state index is 12.8. The molecule has 0 bridgehead atoms. The van der Waals surface area contributed by atoms with Crippen LogP contribution in [-0.2, 0) is 0 Å². The molecule has 2 N–H and O–H groups in total. The number of nitrogen functional groups attached to an aromatic ring is 1. The zero-order valence-electron chi connectivity index (χ0n) is 12.5. The van der Waals surface area contributed by atoms with Crippen molar-refractivity contribution in [1.29, 1.82) is 0 Å². The van der Waals surface area contributed by atoms with E-state index in [2.05, 4.69) is 0 Å². The second-order valence-corrected chi connectivity index (χ2v) is 6.95. The summed E-state index contributed by atoms with van der Waals surface area (Å²) < 4.78 is 1.09. The van der Waals surface area contributed by atoms with Gasteiger partial charge in [0.05, 0.1) is 5.69 Å². The molecular weight excluding hydrogens is 280 g/mol. The van der Waals surface area contributed by atoms with E-state index in [9.17, 15) is 4.79 Å². The van der Waals surface area contributed by atoms with Crippen molar-refractivity contribution >= 4 is 33.0 Å². The van der Waals surface area contributed by atoms with Gasteiger partial charge in [-0.2, -0.15) is 0 Å². The highest BCUT2D eigenvalue weighted by molar-refractivity contribution is 7.21. The molecule has 0 spiro atoms. The molecule has 0 unspecified atom stereocenters. The predicted octanol–water partition coefficient (Wildman–Crippen LogP) is 4.28. The number of amides is 1. The molecule has 1 aliphatic rings. The van der Waals surface area contributed by atoms with Crippen LogP contribution in [0.3, 0.4) is 0 Å². The second-order valence-electron chi connectivity index (χ2n) is 5.90. The first-order valence-electron chi connectivity index (χ1n) is 7.72. The van der Waals surface area contributed by atoms with Gasteiger partial charge in [0.2, 0.25) is 0 Å². The Morgan fingerprint density at radius 3 is 2.52 bits per heavy atom. The zero-order chi connectivity index (χ0) is 14.8. The van der Waals surface area contributed by atoms with Crippen LogP contribution in [0.1, 0.15) is 48.2 Å². The molecular formula is C17H22N2OS. The van der Waals surface area contributed by atoms with Crippen molar-refractivity contribution in [1.82, 2.24) is 4.90 Å². The van der Waals surface area contributed by atoms with Crippen molar-refractivity contribution in [3.63, 3.8) is 0 Å². The summed E-state index contributed by atoms with van der Waals surface area (Å²) in [5.74, 6) is 0.0839. The number of carbonyl (C=O) groups excluding carboxylic acids is 1. The molecule has 1 fully saturated rings. The van der Waals surface area contributed by atoms with Crippen molar-refractivity contribution < 1.29 is 4.79 Å². The van der Waals surface area contributed by atoms with Crippen molar-refractivity contribution in [2.75, 3.05) is 12.8 Å². The van der Waals surface area contributed by atoms with Gasteiger partial charge in [0.1, 0.15) is 4.88 Å². The molecule has 0 radical (unpaired) electrons. The Morgan fingerprint density at radius 1 is 1.19 bits per heavy atom. The third-order valence-corrected chi connectivity index (χ3v) is 5.70. The fraction of sp³-hybridized carbons (Fsp3) is 0.471. The van der Waals surface area contributed by atoms with Crippen LogP contribution in [-0.4, -0.2) is 23.9 Å². The van der Waals surface area contributed by atoms with Gasteiger partial charge in [-0.25, -0.2) is 0 Å². The number of fused-ring (bicyclic) bond motifs is 1. The van der Waals surface area contributed by atoms with Crippen LogP contribution in [0.5, 0.6) is 0 Å². The smallest absolute Gasteiger partial charge is 0.266 e. The Hall–Kier alpha value is -1.55. The SMILES string of the molecule is CN(C(=O)c1sc2ccccc2c1N)C1CCCCCC1. The zero-order valence-corrected chi connectivity index (χ0v) is 13.3. The second kappa shape index (κ2) is 6.06. The third kappa shape index (κ3) is 2.77. The van der Waals surface area contributed by atoms with Gasteiger partial charge >= 0.3 is 0 Å². The fourth-order valence-electron chi connectivity index (χ4n) is 3.20. The first-order chi connectivity index (χ1) is 10.2. The Balaban J connectivity index is 1.87. The lowest BCUT2D eigenvalue weighted by atomic mass is 10.1. The summed E-state index contributed by atoms with van der Waals surface area (Å²) in [4.78, 5) is 15.4. The van der Waals surface area contributed by atoms with E-state index >= 15 is 0 Å². The summed E-state index contributed by atoms with van der Waals surface area (Å²) in [5, 5.41) is 1.00. The molecule has 2 aromatic rings. The van der Waals surface area contributed by atoms with E-state index in [-0.39, 0.29) is 5.91 Å². The highest BCUT2D eigenvalue weighted by atomic mass is 32.1. The first kappa shape index (κ1) is 14.4. The summed E-state index contributed by atoms with van der Waals surface area (Å²) in [5.41, 5.74) is 6.84. The van der Waals surface area contributed by atoms with Crippen LogP contribution < -0.4 is 5.73 Å². The highest BCUT2D eigenvalue weighted by Crippen LogP contribution is 2.35. The largest absolute Gasteiger partial charge is 0.397 e. The van der Waals surface area contributed by atoms with Gasteiger partial charge in [0, 0.05) is 23.2 Å². The molecule has 1 saturated carbocycles. The van der Waals surface area contributed by atoms with E-state index in [1.807, 2.05) is 36.2 Å². The van der Waals surface area contributed by atoms with E-state index in [1.54, 1.807) is 0 Å². The van der Waals surface area contributed by atoms with Crippen molar-refractivity contribution in [2.45, 2.75) is 44.6 Å². The molecule has 1 aromatic carbocycles. The predicted molar refractivity (Wildman–Crippen MR) is 89.8 cm³/mol. The van der Waals surface area contributed by atoms with E-state index < -0.39 is 0 Å². The Bertz CT molecular complexity index is 641. The number of hydrogen-bond acceptors (Lipinski definition) is 3. The standard InChI is InChI=1S/C17H22N2OS/c1-19(12-8-4-2-3-5-9-12)17(20)16-15(18)13-10-6-7-11-14(13)21-16/h6-7,10-12H,2-5,8-9,18H2,1H3. The normalized spacial score (nSPS) is 16.8. The number of thiophene rings is 1. The van der Waals surface area contributed by atoms with Gasteiger partial charge in [-0.05, 0) is 18.9 Å². The molecule has 1 aliphatic carbocycles. The van der Waals surface area contributed by atoms with Gasteiger partial charge in [-0.15, -0.1) is 11.3 Å². The third-order valence-electron chi connectivity index (χ3n) is 4.52. The number of nitrogens with two attached hydrogens (primary N) is 1. The number of benzene rings is 1. The van der Waals surface area contributed by atoms with Gasteiger partial charge < -0.3 is 10.6 Å². The molecule has 1 heterocycles. The minimum atomic E-state index is 0.0839. The summed E-state index contributed by atoms with van der Waals surface area (Å²) >= 11 is 1.51. The Kier molecular flexibility index (Phi) is 4.15. The van der Waals surface area contributed by atoms with Crippen molar-refractivity contribution in [2.24, 2.45) is 0 Å². The molecule has 3 rings (SSSR count). The van der Waals surface area contributed by atoms with Crippen LogP contribution >= 0.6 is 11.3 Å². The van der Waals surface area contributed by atoms with Gasteiger partial charge in [-0.1, -0.05) is 43.9 Å². The summed E-state index contributed by atoms with van der Waals surface area (Å²) in [7, 11) is 1.93. The van der Waals surface area contributed by atoms with E-state index in [0.29, 0.717) is 16.6 Å². The van der Waals surface area contributed by atoms with Crippen LogP contribution in [0, 0.1) is 0 Å². The fourth-order valence-corrected chi connectivity index (χ4v) is 4.30. The maximum absolute atomic E-state index is 12.8. The number of hydrogen-bond donors (Lipinski definition) is 1. The minimum Gasteiger partial charge on any atom is -0.397 e. The molecule has 3 nitrogen and oxygen atoms in total. The number of nitrogens with zero attached hydrogens (tertiary/aromatic N) is 1. The van der Waals surface area contributed by atoms with E-state index in [1.165, 1.54) is 37.0 Å². The Labute approximate surface area is 129 Å². The molecule has 0 aliphatic heterocycles. The van der Waals surface area contributed by atoms with Gasteiger partial charge in [-0.3, -0.25) is 4.79 Å². The topological polar surface area (TPSA) is 46.3 Å². The lowest BCUT2D eigenvalue weighted by Crippen LogP contribution is -2.36. The molecule has 1 amide bonds. The van der Waals surface area contributed by atoms with E-state index in [0.717, 1.165) is 22.9 Å². The van der Waals surface area contributed by atoms with Gasteiger partial charge in [0.15, 0.2) is 0 Å². The maximum Gasteiger partial charge on any atom is 0.266 e. The minimum absolute atomic E-state index is 0.0839. The number of carbonyl (C=O) groups is 1. The first-order valence-corrected chi connectivity index (χ1v) is 8.54. The number of rotatable bonds is 2. The van der Waals surface area contributed by atoms with Crippen molar-refractivity contribution in [3.05, 3.63) is 29.1 Å². The van der Waals surface area contributed by atoms with Gasteiger partial charge in [0.25, 0.3) is 5.91 Å². The quantitative estimate of drug-likeness (QED) is 0.842. The average Bonchev–Trinajstić information content (AvgIpc) is 2.70. The highest BCUT2D eigenvalue weighted by Gasteiger charge is 2.25. The molecule has 1 aromatic heterocycles. The molecule has 0 atom stereocenters. The monoisotopic (exact) mass is 302 g/mol. The van der Waals surface area contributed by atoms with Crippen molar-refractivity contribution in [3.8, 4) is 0 Å². The summed E-state index contributed by atoms with van der Waals surface area (Å²) in [6.07, 6.45) is 7.28. The van der Waals surface area contributed by atoms with Crippen LogP contribution in [0.4, 0.5) is 5.69 Å². The summed E-state index contributed by atoms with van der Waals surface area (Å²) in [6, 6.07) is 8.34.